The zero-order chi connectivity index (χ0) is 23.1. The van der Waals surface area contributed by atoms with Crippen molar-refractivity contribution in [2.75, 3.05) is 49.7 Å². The number of ether oxygens (including phenoxy) is 2. The van der Waals surface area contributed by atoms with Crippen molar-refractivity contribution in [3.63, 3.8) is 0 Å². The van der Waals surface area contributed by atoms with E-state index in [1.807, 2.05) is 14.0 Å². The summed E-state index contributed by atoms with van der Waals surface area (Å²) in [7, 11) is 1.98. The zero-order valence-electron chi connectivity index (χ0n) is 18.4. The zero-order valence-corrected chi connectivity index (χ0v) is 18.4. The summed E-state index contributed by atoms with van der Waals surface area (Å²) >= 11 is 0. The number of likely N-dealkylation sites (tertiary alicyclic amines) is 1. The molecule has 2 aliphatic heterocycles. The van der Waals surface area contributed by atoms with Crippen LogP contribution in [-0.4, -0.2) is 60.4 Å². The average Bonchev–Trinajstić information content (AvgIpc) is 3.21. The van der Waals surface area contributed by atoms with Gasteiger partial charge in [0.1, 0.15) is 24.2 Å². The maximum atomic E-state index is 15.3. The molecule has 0 aliphatic carbocycles. The minimum absolute atomic E-state index is 0.0144. The number of nitrogens with two attached hydrogens (primary N) is 1. The molecule has 4 N–H and O–H groups in total. The molecular weight excluding hydrogens is 427 g/mol. The lowest BCUT2D eigenvalue weighted by Gasteiger charge is -2.22. The summed E-state index contributed by atoms with van der Waals surface area (Å²) in [5.74, 6) is 0.252. The van der Waals surface area contributed by atoms with E-state index in [9.17, 15) is 4.79 Å². The van der Waals surface area contributed by atoms with Crippen molar-refractivity contribution in [3.8, 4) is 17.0 Å². The molecule has 1 fully saturated rings. The number of halogens is 1. The van der Waals surface area contributed by atoms with Gasteiger partial charge in [0.15, 0.2) is 5.82 Å². The number of fused-ring (bicyclic) bond motifs is 2. The van der Waals surface area contributed by atoms with Crippen LogP contribution in [0.15, 0.2) is 24.5 Å². The van der Waals surface area contributed by atoms with Gasteiger partial charge in [0.25, 0.3) is 0 Å². The van der Waals surface area contributed by atoms with Crippen molar-refractivity contribution in [1.29, 1.82) is 0 Å². The number of nitrogens with zero attached hydrogens (tertiary/aromatic N) is 3. The molecule has 1 saturated heterocycles. The first kappa shape index (κ1) is 21.2. The third-order valence-corrected chi connectivity index (χ3v) is 6.09. The largest absolute Gasteiger partial charge is 0.474 e. The lowest BCUT2D eigenvalue weighted by molar-refractivity contribution is 0.115. The number of benzene rings is 1. The molecule has 172 valence electrons. The number of aromatic nitrogens is 2. The van der Waals surface area contributed by atoms with Crippen LogP contribution in [0.5, 0.6) is 5.88 Å². The van der Waals surface area contributed by atoms with Crippen LogP contribution >= 0.6 is 0 Å². The van der Waals surface area contributed by atoms with Gasteiger partial charge in [-0.05, 0) is 43.5 Å². The lowest BCUT2D eigenvalue weighted by atomic mass is 9.97. The molecule has 2 aliphatic rings. The van der Waals surface area contributed by atoms with E-state index in [1.54, 1.807) is 18.3 Å². The van der Waals surface area contributed by atoms with Crippen LogP contribution in [0.1, 0.15) is 12.0 Å². The van der Waals surface area contributed by atoms with E-state index in [1.165, 1.54) is 6.20 Å². The Balaban J connectivity index is 1.47. The third kappa shape index (κ3) is 3.97. The normalized spacial score (nSPS) is 17.8. The van der Waals surface area contributed by atoms with Crippen molar-refractivity contribution in [3.05, 3.63) is 35.9 Å². The minimum atomic E-state index is -0.571. The molecule has 2 aromatic heterocycles. The highest BCUT2D eigenvalue weighted by Gasteiger charge is 2.24. The van der Waals surface area contributed by atoms with Crippen LogP contribution in [0.2, 0.25) is 0 Å². The fraction of sp³-hybridized carbons (Fsp3) is 0.348. The highest BCUT2D eigenvalue weighted by molar-refractivity contribution is 5.99. The molecule has 5 rings (SSSR count). The Morgan fingerprint density at radius 2 is 2.18 bits per heavy atom. The quantitative estimate of drug-likeness (QED) is 0.518. The Labute approximate surface area is 190 Å². The molecule has 4 heterocycles. The maximum absolute atomic E-state index is 15.3. The molecule has 10 heteroatoms. The van der Waals surface area contributed by atoms with Crippen molar-refractivity contribution in [2.45, 2.75) is 19.4 Å². The number of hydrogen-bond acceptors (Lipinski definition) is 8. The molecular formula is C23H25FN6O3. The Morgan fingerprint density at radius 3 is 2.97 bits per heavy atom. The van der Waals surface area contributed by atoms with E-state index >= 15 is 4.39 Å². The van der Waals surface area contributed by atoms with Gasteiger partial charge in [-0.3, -0.25) is 5.32 Å². The van der Waals surface area contributed by atoms with Gasteiger partial charge in [0.2, 0.25) is 5.88 Å². The number of carbonyl (C=O) groups is 1. The van der Waals surface area contributed by atoms with Crippen molar-refractivity contribution >= 4 is 34.1 Å². The molecule has 33 heavy (non-hydrogen) atoms. The number of rotatable bonds is 3. The SMILES string of the molecule is Cc1c(-c2cc3cc(NC(=O)O[C@@H]4CCN(C)C4)ncc3c(N)c2F)cnc2c1NCCO2. The van der Waals surface area contributed by atoms with Gasteiger partial charge < -0.3 is 25.4 Å². The van der Waals surface area contributed by atoms with Gasteiger partial charge in [-0.15, -0.1) is 0 Å². The molecule has 0 saturated carbocycles. The van der Waals surface area contributed by atoms with E-state index in [0.717, 1.165) is 24.2 Å². The Hall–Kier alpha value is -3.66. The van der Waals surface area contributed by atoms with Gasteiger partial charge in [0, 0.05) is 48.5 Å². The number of nitrogen functional groups attached to an aromatic ring is 1. The van der Waals surface area contributed by atoms with Gasteiger partial charge in [-0.25, -0.2) is 19.2 Å². The van der Waals surface area contributed by atoms with E-state index in [-0.39, 0.29) is 11.8 Å². The van der Waals surface area contributed by atoms with Gasteiger partial charge in [-0.2, -0.15) is 0 Å². The standard InChI is InChI=1S/C23H25FN6O3/c1-12-16(9-28-22-21(12)26-4-6-32-22)15-7-13-8-18(27-10-17(13)20(25)19(15)24)29-23(31)33-14-3-5-30(2)11-14/h7-10,14,26H,3-6,11,25H2,1-2H3,(H,27,29,31)/t14-/m1/s1. The Bertz CT molecular complexity index is 1250. The predicted molar refractivity (Wildman–Crippen MR) is 124 cm³/mol. The van der Waals surface area contributed by atoms with Crippen LogP contribution in [0.3, 0.4) is 0 Å². The number of likely N-dealkylation sites (N-methyl/N-ethyl adjacent to an activating group) is 1. The molecule has 9 nitrogen and oxygen atoms in total. The second-order valence-corrected chi connectivity index (χ2v) is 8.40. The first-order valence-electron chi connectivity index (χ1n) is 10.8. The van der Waals surface area contributed by atoms with Crippen LogP contribution in [0.4, 0.5) is 26.4 Å². The first-order chi connectivity index (χ1) is 15.9. The number of pyridine rings is 2. The molecule has 0 bridgehead atoms. The Kier molecular flexibility index (Phi) is 5.37. The number of hydrogen-bond donors (Lipinski definition) is 3. The summed E-state index contributed by atoms with van der Waals surface area (Å²) in [6.07, 6.45) is 3.11. The highest BCUT2D eigenvalue weighted by atomic mass is 19.1. The molecule has 1 atom stereocenters. The summed E-state index contributed by atoms with van der Waals surface area (Å²) in [5.41, 5.74) is 8.59. The molecule has 1 amide bonds. The van der Waals surface area contributed by atoms with Crippen LogP contribution in [-0.2, 0) is 4.74 Å². The fourth-order valence-corrected chi connectivity index (χ4v) is 4.33. The van der Waals surface area contributed by atoms with Crippen molar-refractivity contribution in [1.82, 2.24) is 14.9 Å². The number of amides is 1. The van der Waals surface area contributed by atoms with Crippen LogP contribution in [0, 0.1) is 12.7 Å². The predicted octanol–water partition coefficient (Wildman–Crippen LogP) is 3.38. The van der Waals surface area contributed by atoms with Gasteiger partial charge in [-0.1, -0.05) is 0 Å². The highest BCUT2D eigenvalue weighted by Crippen LogP contribution is 2.39. The summed E-state index contributed by atoms with van der Waals surface area (Å²) in [6.45, 7) is 4.64. The molecule has 0 radical (unpaired) electrons. The number of nitrogens with one attached hydrogen (secondary N) is 2. The maximum Gasteiger partial charge on any atom is 0.413 e. The summed E-state index contributed by atoms with van der Waals surface area (Å²) in [6, 6.07) is 3.34. The number of carbonyl (C=O) groups excluding carboxylic acids is 1. The van der Waals surface area contributed by atoms with E-state index < -0.39 is 11.9 Å². The van der Waals surface area contributed by atoms with E-state index in [4.69, 9.17) is 15.2 Å². The summed E-state index contributed by atoms with van der Waals surface area (Å²) in [4.78, 5) is 22.9. The number of anilines is 3. The van der Waals surface area contributed by atoms with Gasteiger partial charge >= 0.3 is 6.09 Å². The second-order valence-electron chi connectivity index (χ2n) is 8.40. The smallest absolute Gasteiger partial charge is 0.413 e. The van der Waals surface area contributed by atoms with E-state index in [2.05, 4.69) is 25.5 Å². The Morgan fingerprint density at radius 1 is 1.33 bits per heavy atom. The molecule has 0 unspecified atom stereocenters. The molecule has 0 spiro atoms. The first-order valence-corrected chi connectivity index (χ1v) is 10.8. The fourth-order valence-electron chi connectivity index (χ4n) is 4.33. The molecule has 1 aromatic carbocycles. The van der Waals surface area contributed by atoms with Crippen LogP contribution in [0.25, 0.3) is 21.9 Å². The molecule has 3 aromatic rings. The second kappa shape index (κ2) is 8.36. The summed E-state index contributed by atoms with van der Waals surface area (Å²) in [5, 5.41) is 7.01. The monoisotopic (exact) mass is 452 g/mol. The minimum Gasteiger partial charge on any atom is -0.474 e. The van der Waals surface area contributed by atoms with Crippen molar-refractivity contribution < 1.29 is 18.7 Å². The topological polar surface area (TPSA) is 115 Å². The third-order valence-electron chi connectivity index (χ3n) is 6.09. The summed E-state index contributed by atoms with van der Waals surface area (Å²) < 4.78 is 26.3. The van der Waals surface area contributed by atoms with E-state index in [0.29, 0.717) is 53.3 Å². The lowest BCUT2D eigenvalue weighted by Crippen LogP contribution is -2.25. The van der Waals surface area contributed by atoms with Crippen molar-refractivity contribution in [2.24, 2.45) is 0 Å². The van der Waals surface area contributed by atoms with Crippen LogP contribution < -0.4 is 21.1 Å². The average molecular weight is 452 g/mol. The van der Waals surface area contributed by atoms with Gasteiger partial charge in [0.05, 0.1) is 5.69 Å².